The van der Waals surface area contributed by atoms with Crippen LogP contribution >= 0.6 is 0 Å². The third kappa shape index (κ3) is 2.98. The van der Waals surface area contributed by atoms with Crippen LogP contribution in [0.5, 0.6) is 0 Å². The van der Waals surface area contributed by atoms with Crippen LogP contribution in [0.2, 0.25) is 0 Å². The Balaban J connectivity index is 2.09. The van der Waals surface area contributed by atoms with Gasteiger partial charge in [0.05, 0.1) is 6.04 Å². The van der Waals surface area contributed by atoms with E-state index in [1.54, 1.807) is 11.0 Å². The van der Waals surface area contributed by atoms with Gasteiger partial charge in [-0.1, -0.05) is 12.1 Å². The Morgan fingerprint density at radius 3 is 2.89 bits per heavy atom. The number of amides is 2. The van der Waals surface area contributed by atoms with Crippen LogP contribution in [0.25, 0.3) is 0 Å². The highest BCUT2D eigenvalue weighted by molar-refractivity contribution is 5.77. The molecule has 1 aliphatic heterocycles. The third-order valence-corrected chi connectivity index (χ3v) is 2.84. The molecule has 5 heteroatoms. The van der Waals surface area contributed by atoms with E-state index in [1.807, 2.05) is 19.9 Å². The summed E-state index contributed by atoms with van der Waals surface area (Å²) in [5, 5.41) is 2.83. The molecule has 0 saturated carbocycles. The van der Waals surface area contributed by atoms with E-state index in [0.717, 1.165) is 5.56 Å². The van der Waals surface area contributed by atoms with Gasteiger partial charge in [0.25, 0.3) is 0 Å². The van der Waals surface area contributed by atoms with Crippen molar-refractivity contribution >= 4 is 6.03 Å². The summed E-state index contributed by atoms with van der Waals surface area (Å²) < 4.78 is 13.1. The first-order chi connectivity index (χ1) is 8.35. The quantitative estimate of drug-likeness (QED) is 0.857. The number of benzene rings is 1. The van der Waals surface area contributed by atoms with Gasteiger partial charge in [0, 0.05) is 18.6 Å². The largest absolute Gasteiger partial charge is 0.329 e. The summed E-state index contributed by atoms with van der Waals surface area (Å²) in [6.07, 6.45) is 0. The molecule has 1 aromatic carbocycles. The molecule has 0 aliphatic carbocycles. The zero-order valence-electron chi connectivity index (χ0n) is 10.6. The molecule has 98 valence electrons. The van der Waals surface area contributed by atoms with Crippen molar-refractivity contribution in [3.05, 3.63) is 35.6 Å². The van der Waals surface area contributed by atoms with Crippen LogP contribution in [-0.4, -0.2) is 29.6 Å². The van der Waals surface area contributed by atoms with E-state index in [-0.39, 0.29) is 17.9 Å². The monoisotopic (exact) mass is 251 g/mol. The van der Waals surface area contributed by atoms with Gasteiger partial charge in [-0.25, -0.2) is 9.18 Å². The number of nitrogens with zero attached hydrogens (tertiary/aromatic N) is 1. The van der Waals surface area contributed by atoms with Crippen molar-refractivity contribution in [2.75, 3.05) is 13.1 Å². The first-order valence-electron chi connectivity index (χ1n) is 5.95. The van der Waals surface area contributed by atoms with Crippen LogP contribution in [0, 0.1) is 5.82 Å². The van der Waals surface area contributed by atoms with Crippen molar-refractivity contribution in [3.8, 4) is 0 Å². The van der Waals surface area contributed by atoms with Crippen molar-refractivity contribution in [2.45, 2.75) is 25.4 Å². The Morgan fingerprint density at radius 2 is 2.28 bits per heavy atom. The predicted octanol–water partition coefficient (Wildman–Crippen LogP) is 1.63. The van der Waals surface area contributed by atoms with E-state index in [9.17, 15) is 9.18 Å². The van der Waals surface area contributed by atoms with E-state index in [0.29, 0.717) is 13.1 Å². The molecule has 1 fully saturated rings. The fourth-order valence-corrected chi connectivity index (χ4v) is 2.13. The molecule has 2 rings (SSSR count). The van der Waals surface area contributed by atoms with Crippen LogP contribution < -0.4 is 11.1 Å². The zero-order valence-corrected chi connectivity index (χ0v) is 10.6. The van der Waals surface area contributed by atoms with Crippen LogP contribution in [0.3, 0.4) is 0 Å². The second-order valence-corrected chi connectivity index (χ2v) is 5.43. The molecule has 1 aromatic rings. The molecule has 1 aliphatic rings. The van der Waals surface area contributed by atoms with Gasteiger partial charge < -0.3 is 16.0 Å². The van der Waals surface area contributed by atoms with Gasteiger partial charge in [-0.2, -0.15) is 0 Å². The number of carbonyl (C=O) groups is 1. The maximum atomic E-state index is 13.1. The minimum Gasteiger partial charge on any atom is -0.329 e. The SMILES string of the molecule is CC(C)(N)CN1CC(c2cccc(F)c2)NC1=O. The molecule has 2 amide bonds. The number of rotatable bonds is 3. The van der Waals surface area contributed by atoms with E-state index in [2.05, 4.69) is 5.32 Å². The Hall–Kier alpha value is -1.62. The molecule has 1 saturated heterocycles. The van der Waals surface area contributed by atoms with Gasteiger partial charge in [0.15, 0.2) is 0 Å². The van der Waals surface area contributed by atoms with Gasteiger partial charge in [-0.05, 0) is 31.5 Å². The summed E-state index contributed by atoms with van der Waals surface area (Å²) >= 11 is 0. The molecular weight excluding hydrogens is 233 g/mol. The van der Waals surface area contributed by atoms with Crippen LogP contribution in [-0.2, 0) is 0 Å². The Morgan fingerprint density at radius 1 is 1.56 bits per heavy atom. The summed E-state index contributed by atoms with van der Waals surface area (Å²) in [5.41, 5.74) is 6.25. The van der Waals surface area contributed by atoms with Gasteiger partial charge in [-0.15, -0.1) is 0 Å². The van der Waals surface area contributed by atoms with Crippen molar-refractivity contribution in [2.24, 2.45) is 5.73 Å². The average molecular weight is 251 g/mol. The number of halogens is 1. The molecule has 0 spiro atoms. The predicted molar refractivity (Wildman–Crippen MR) is 67.5 cm³/mol. The molecule has 1 heterocycles. The molecule has 0 radical (unpaired) electrons. The number of hydrogen-bond acceptors (Lipinski definition) is 2. The smallest absolute Gasteiger partial charge is 0.318 e. The van der Waals surface area contributed by atoms with Crippen molar-refractivity contribution in [1.29, 1.82) is 0 Å². The number of carbonyl (C=O) groups excluding carboxylic acids is 1. The molecule has 1 atom stereocenters. The highest BCUT2D eigenvalue weighted by Crippen LogP contribution is 2.21. The molecule has 0 aromatic heterocycles. The first kappa shape index (κ1) is 12.8. The summed E-state index contributed by atoms with van der Waals surface area (Å²) in [7, 11) is 0. The summed E-state index contributed by atoms with van der Waals surface area (Å²) in [6, 6.07) is 5.97. The molecule has 0 bridgehead atoms. The number of urea groups is 1. The van der Waals surface area contributed by atoms with E-state index >= 15 is 0 Å². The van der Waals surface area contributed by atoms with Crippen molar-refractivity contribution in [1.82, 2.24) is 10.2 Å². The minimum atomic E-state index is -0.436. The second-order valence-electron chi connectivity index (χ2n) is 5.43. The van der Waals surface area contributed by atoms with Gasteiger partial charge in [0.2, 0.25) is 0 Å². The van der Waals surface area contributed by atoms with Gasteiger partial charge >= 0.3 is 6.03 Å². The lowest BCUT2D eigenvalue weighted by atomic mass is 10.1. The fraction of sp³-hybridized carbons (Fsp3) is 0.462. The van der Waals surface area contributed by atoms with Crippen LogP contribution in [0.1, 0.15) is 25.5 Å². The minimum absolute atomic E-state index is 0.150. The van der Waals surface area contributed by atoms with Crippen LogP contribution in [0.15, 0.2) is 24.3 Å². The van der Waals surface area contributed by atoms with E-state index < -0.39 is 5.54 Å². The average Bonchev–Trinajstić information content (AvgIpc) is 2.58. The second kappa shape index (κ2) is 4.57. The summed E-state index contributed by atoms with van der Waals surface area (Å²) in [4.78, 5) is 13.4. The highest BCUT2D eigenvalue weighted by Gasteiger charge is 2.32. The van der Waals surface area contributed by atoms with E-state index in [4.69, 9.17) is 5.73 Å². The Labute approximate surface area is 106 Å². The maximum Gasteiger partial charge on any atom is 0.318 e. The Bertz CT molecular complexity index is 456. The molecular formula is C13H18FN3O. The lowest BCUT2D eigenvalue weighted by Gasteiger charge is -2.25. The van der Waals surface area contributed by atoms with Crippen molar-refractivity contribution in [3.63, 3.8) is 0 Å². The summed E-state index contributed by atoms with van der Waals surface area (Å²) in [6.45, 7) is 4.74. The third-order valence-electron chi connectivity index (χ3n) is 2.84. The topological polar surface area (TPSA) is 58.4 Å². The van der Waals surface area contributed by atoms with Gasteiger partial charge in [0.1, 0.15) is 5.82 Å². The highest BCUT2D eigenvalue weighted by atomic mass is 19.1. The maximum absolute atomic E-state index is 13.1. The first-order valence-corrected chi connectivity index (χ1v) is 5.95. The normalized spacial score (nSPS) is 20.1. The number of nitrogens with two attached hydrogens (primary N) is 1. The van der Waals surface area contributed by atoms with E-state index in [1.165, 1.54) is 12.1 Å². The van der Waals surface area contributed by atoms with Crippen LogP contribution in [0.4, 0.5) is 9.18 Å². The number of hydrogen-bond donors (Lipinski definition) is 2. The standard InChI is InChI=1S/C13H18FN3O/c1-13(2,15)8-17-7-11(16-12(17)18)9-4-3-5-10(14)6-9/h3-6,11H,7-8,15H2,1-2H3,(H,16,18). The molecule has 4 nitrogen and oxygen atoms in total. The summed E-state index contributed by atoms with van der Waals surface area (Å²) in [5.74, 6) is -0.292. The lowest BCUT2D eigenvalue weighted by Crippen LogP contribution is -2.46. The Kier molecular flexibility index (Phi) is 3.26. The molecule has 18 heavy (non-hydrogen) atoms. The molecule has 1 unspecified atom stereocenters. The fourth-order valence-electron chi connectivity index (χ4n) is 2.13. The lowest BCUT2D eigenvalue weighted by molar-refractivity contribution is 0.207. The van der Waals surface area contributed by atoms with Crippen molar-refractivity contribution < 1.29 is 9.18 Å². The zero-order chi connectivity index (χ0) is 13.3. The van der Waals surface area contributed by atoms with Gasteiger partial charge in [-0.3, -0.25) is 0 Å². The number of nitrogens with one attached hydrogen (secondary N) is 1. The molecule has 3 N–H and O–H groups in total.